The highest BCUT2D eigenvalue weighted by atomic mass is 19.4. The minimum atomic E-state index is -4.49. The van der Waals surface area contributed by atoms with Crippen molar-refractivity contribution < 1.29 is 27.5 Å². The smallest absolute Gasteiger partial charge is 0.416 e. The molecule has 2 amide bonds. The predicted molar refractivity (Wildman–Crippen MR) is 110 cm³/mol. The van der Waals surface area contributed by atoms with Gasteiger partial charge in [0, 0.05) is 17.4 Å². The van der Waals surface area contributed by atoms with Crippen LogP contribution in [0.5, 0.6) is 5.75 Å². The summed E-state index contributed by atoms with van der Waals surface area (Å²) in [5.41, 5.74) is -1.01. The summed E-state index contributed by atoms with van der Waals surface area (Å²) in [6, 6.07) is 12.7. The van der Waals surface area contributed by atoms with Crippen molar-refractivity contribution in [2.75, 3.05) is 17.7 Å². The second-order valence-electron chi connectivity index (χ2n) is 6.52. The zero-order valence-corrected chi connectivity index (χ0v) is 16.6. The number of amides is 2. The van der Waals surface area contributed by atoms with Crippen LogP contribution in [0.2, 0.25) is 0 Å². The molecule has 0 bridgehead atoms. The Morgan fingerprint density at radius 1 is 0.938 bits per heavy atom. The molecule has 32 heavy (non-hydrogen) atoms. The van der Waals surface area contributed by atoms with Crippen molar-refractivity contribution in [3.8, 4) is 5.75 Å². The number of hydrogen-bond acceptors (Lipinski definition) is 5. The Hall–Kier alpha value is -4.15. The molecule has 0 saturated carbocycles. The largest absolute Gasteiger partial charge is 0.497 e. The number of rotatable bonds is 6. The first-order valence-corrected chi connectivity index (χ1v) is 9.16. The monoisotopic (exact) mass is 446 g/mol. The van der Waals surface area contributed by atoms with Crippen LogP contribution in [0.4, 0.5) is 24.5 Å². The lowest BCUT2D eigenvalue weighted by Crippen LogP contribution is -2.31. The number of halogens is 3. The standard InChI is InChI=1S/C21H17F3N4O4/c1-32-16-8-6-15(7-9-16)26-20(31)17-10-11-19(30)28(27-17)12-18(29)25-14-4-2-13(3-5-14)21(22,23)24/h2-11H,12H2,1H3,(H,25,29)(H,26,31). The van der Waals surface area contributed by atoms with E-state index in [1.807, 2.05) is 0 Å². The third-order valence-electron chi connectivity index (χ3n) is 4.24. The first-order chi connectivity index (χ1) is 15.2. The molecule has 0 fully saturated rings. The van der Waals surface area contributed by atoms with Crippen LogP contribution in [-0.2, 0) is 17.5 Å². The average molecular weight is 446 g/mol. The topological polar surface area (TPSA) is 102 Å². The summed E-state index contributed by atoms with van der Waals surface area (Å²) in [6.45, 7) is -0.538. The summed E-state index contributed by atoms with van der Waals surface area (Å²) in [6.07, 6.45) is -4.49. The maximum atomic E-state index is 12.6. The van der Waals surface area contributed by atoms with Gasteiger partial charge in [-0.05, 0) is 54.6 Å². The van der Waals surface area contributed by atoms with Crippen LogP contribution in [0.3, 0.4) is 0 Å². The van der Waals surface area contributed by atoms with Crippen LogP contribution in [0.1, 0.15) is 16.1 Å². The molecule has 3 rings (SSSR count). The van der Waals surface area contributed by atoms with Crippen LogP contribution in [0, 0.1) is 0 Å². The lowest BCUT2D eigenvalue weighted by Gasteiger charge is -2.10. The quantitative estimate of drug-likeness (QED) is 0.606. The summed E-state index contributed by atoms with van der Waals surface area (Å²) in [5, 5.41) is 8.87. The zero-order chi connectivity index (χ0) is 23.3. The molecule has 1 heterocycles. The number of benzene rings is 2. The van der Waals surface area contributed by atoms with Crippen LogP contribution in [0.25, 0.3) is 0 Å². The fraction of sp³-hybridized carbons (Fsp3) is 0.143. The minimum Gasteiger partial charge on any atom is -0.497 e. The first kappa shape index (κ1) is 22.5. The van der Waals surface area contributed by atoms with Gasteiger partial charge in [0.15, 0.2) is 0 Å². The van der Waals surface area contributed by atoms with Gasteiger partial charge in [-0.2, -0.15) is 18.3 Å². The third-order valence-corrected chi connectivity index (χ3v) is 4.24. The van der Waals surface area contributed by atoms with E-state index in [-0.39, 0.29) is 11.4 Å². The summed E-state index contributed by atoms with van der Waals surface area (Å²) < 4.78 is 43.7. The maximum Gasteiger partial charge on any atom is 0.416 e. The summed E-state index contributed by atoms with van der Waals surface area (Å²) in [4.78, 5) is 36.6. The molecule has 0 unspecified atom stereocenters. The number of ether oxygens (including phenoxy) is 1. The first-order valence-electron chi connectivity index (χ1n) is 9.16. The van der Waals surface area contributed by atoms with Crippen molar-refractivity contribution in [2.24, 2.45) is 0 Å². The van der Waals surface area contributed by atoms with Gasteiger partial charge in [-0.15, -0.1) is 0 Å². The fourth-order valence-electron chi connectivity index (χ4n) is 2.63. The molecule has 2 aromatic carbocycles. The van der Waals surface area contributed by atoms with Crippen LogP contribution in [-0.4, -0.2) is 28.7 Å². The molecule has 0 saturated heterocycles. The molecule has 0 radical (unpaired) electrons. The molecule has 166 valence electrons. The van der Waals surface area contributed by atoms with Crippen LogP contribution < -0.4 is 20.9 Å². The van der Waals surface area contributed by atoms with Gasteiger partial charge in [0.25, 0.3) is 11.5 Å². The molecular weight excluding hydrogens is 429 g/mol. The lowest BCUT2D eigenvalue weighted by molar-refractivity contribution is -0.137. The number of nitrogens with one attached hydrogen (secondary N) is 2. The Bertz CT molecular complexity index is 1170. The molecule has 0 aliphatic rings. The molecule has 0 aliphatic carbocycles. The predicted octanol–water partition coefficient (Wildman–Crippen LogP) is 3.16. The van der Waals surface area contributed by atoms with Gasteiger partial charge < -0.3 is 15.4 Å². The number of carbonyl (C=O) groups is 2. The SMILES string of the molecule is COc1ccc(NC(=O)c2ccc(=O)n(CC(=O)Nc3ccc(C(F)(F)F)cc3)n2)cc1. The average Bonchev–Trinajstić information content (AvgIpc) is 2.75. The number of carbonyl (C=O) groups excluding carboxylic acids is 2. The van der Waals surface area contributed by atoms with E-state index in [1.54, 1.807) is 24.3 Å². The van der Waals surface area contributed by atoms with Crippen LogP contribution >= 0.6 is 0 Å². The van der Waals surface area contributed by atoms with Gasteiger partial charge in [0.1, 0.15) is 18.0 Å². The van der Waals surface area contributed by atoms with Crippen molar-refractivity contribution >= 4 is 23.2 Å². The van der Waals surface area contributed by atoms with Gasteiger partial charge in [0.2, 0.25) is 5.91 Å². The molecule has 1 aromatic heterocycles. The summed E-state index contributed by atoms with van der Waals surface area (Å²) in [5.74, 6) is -0.701. The second kappa shape index (κ2) is 9.33. The highest BCUT2D eigenvalue weighted by Crippen LogP contribution is 2.29. The number of nitrogens with zero attached hydrogens (tertiary/aromatic N) is 2. The van der Waals surface area contributed by atoms with E-state index < -0.39 is 35.7 Å². The maximum absolute atomic E-state index is 12.6. The third kappa shape index (κ3) is 5.72. The zero-order valence-electron chi connectivity index (χ0n) is 16.6. The van der Waals surface area contributed by atoms with E-state index in [9.17, 15) is 27.6 Å². The minimum absolute atomic E-state index is 0.109. The van der Waals surface area contributed by atoms with Crippen LogP contribution in [0.15, 0.2) is 65.5 Å². The van der Waals surface area contributed by atoms with Gasteiger partial charge >= 0.3 is 6.18 Å². The summed E-state index contributed by atoms with van der Waals surface area (Å²) >= 11 is 0. The Balaban J connectivity index is 1.67. The highest BCUT2D eigenvalue weighted by molar-refractivity contribution is 6.02. The molecule has 0 spiro atoms. The van der Waals surface area contributed by atoms with Crippen molar-refractivity contribution in [3.63, 3.8) is 0 Å². The van der Waals surface area contributed by atoms with Crippen molar-refractivity contribution in [1.29, 1.82) is 0 Å². The number of aromatic nitrogens is 2. The van der Waals surface area contributed by atoms with Gasteiger partial charge in [-0.1, -0.05) is 0 Å². The fourth-order valence-corrected chi connectivity index (χ4v) is 2.63. The lowest BCUT2D eigenvalue weighted by atomic mass is 10.2. The van der Waals surface area contributed by atoms with E-state index in [4.69, 9.17) is 4.74 Å². The molecule has 11 heteroatoms. The molecule has 0 atom stereocenters. The number of alkyl halides is 3. The number of anilines is 2. The molecular formula is C21H17F3N4O4. The van der Waals surface area contributed by atoms with E-state index in [1.165, 1.54) is 13.2 Å². The molecule has 2 N–H and O–H groups in total. The van der Waals surface area contributed by atoms with E-state index in [0.717, 1.165) is 35.0 Å². The second-order valence-corrected chi connectivity index (χ2v) is 6.52. The Kier molecular flexibility index (Phi) is 6.57. The number of methoxy groups -OCH3 is 1. The molecule has 0 aliphatic heterocycles. The number of hydrogen-bond donors (Lipinski definition) is 2. The Labute approximate surface area is 179 Å². The Morgan fingerprint density at radius 2 is 1.53 bits per heavy atom. The van der Waals surface area contributed by atoms with E-state index >= 15 is 0 Å². The van der Waals surface area contributed by atoms with Gasteiger partial charge in [0.05, 0.1) is 12.7 Å². The van der Waals surface area contributed by atoms with Gasteiger partial charge in [-0.25, -0.2) is 4.68 Å². The van der Waals surface area contributed by atoms with Crippen molar-refractivity contribution in [2.45, 2.75) is 12.7 Å². The highest BCUT2D eigenvalue weighted by Gasteiger charge is 2.30. The summed E-state index contributed by atoms with van der Waals surface area (Å²) in [7, 11) is 1.51. The molecule has 3 aromatic rings. The van der Waals surface area contributed by atoms with Gasteiger partial charge in [-0.3, -0.25) is 14.4 Å². The Morgan fingerprint density at radius 3 is 2.12 bits per heavy atom. The van der Waals surface area contributed by atoms with E-state index in [0.29, 0.717) is 11.4 Å². The van der Waals surface area contributed by atoms with E-state index in [2.05, 4.69) is 15.7 Å². The van der Waals surface area contributed by atoms with Crippen molar-refractivity contribution in [1.82, 2.24) is 9.78 Å². The molecule has 8 nitrogen and oxygen atoms in total. The van der Waals surface area contributed by atoms with Crippen molar-refractivity contribution in [3.05, 3.63) is 82.3 Å². The normalized spacial score (nSPS) is 11.0.